The zero-order valence-electron chi connectivity index (χ0n) is 14.2. The number of rotatable bonds is 5. The first-order chi connectivity index (χ1) is 12.7. The van der Waals surface area contributed by atoms with Crippen LogP contribution in [0, 0.1) is 0 Å². The zero-order chi connectivity index (χ0) is 18.2. The van der Waals surface area contributed by atoms with Gasteiger partial charge in [-0.25, -0.2) is 0 Å². The number of benzene rings is 2. The Kier molecular flexibility index (Phi) is 7.49. The summed E-state index contributed by atoms with van der Waals surface area (Å²) in [6.07, 6.45) is 0. The molecule has 0 spiro atoms. The SMILES string of the molecule is S=C(SCC(=NNc1ccccc1)c1ccc(Br)cc1)N1CCOCC1. The summed E-state index contributed by atoms with van der Waals surface area (Å²) in [5, 5.41) is 4.64. The molecule has 136 valence electrons. The molecule has 2 aromatic carbocycles. The summed E-state index contributed by atoms with van der Waals surface area (Å²) in [4.78, 5) is 2.20. The molecule has 1 N–H and O–H groups in total. The number of hydrogen-bond acceptors (Lipinski definition) is 5. The Labute approximate surface area is 172 Å². The van der Waals surface area contributed by atoms with Crippen molar-refractivity contribution in [2.45, 2.75) is 0 Å². The number of anilines is 1. The summed E-state index contributed by atoms with van der Waals surface area (Å²) >= 11 is 10.7. The van der Waals surface area contributed by atoms with Gasteiger partial charge in [0.15, 0.2) is 0 Å². The topological polar surface area (TPSA) is 36.9 Å². The van der Waals surface area contributed by atoms with Crippen molar-refractivity contribution in [3.8, 4) is 0 Å². The highest BCUT2D eigenvalue weighted by molar-refractivity contribution is 9.10. The maximum absolute atomic E-state index is 5.59. The van der Waals surface area contributed by atoms with Crippen LogP contribution in [-0.4, -0.2) is 47.0 Å². The van der Waals surface area contributed by atoms with Crippen LogP contribution < -0.4 is 5.43 Å². The van der Waals surface area contributed by atoms with Crippen molar-refractivity contribution in [2.24, 2.45) is 5.10 Å². The number of thioether (sulfide) groups is 1. The van der Waals surface area contributed by atoms with E-state index >= 15 is 0 Å². The van der Waals surface area contributed by atoms with E-state index in [1.54, 1.807) is 11.8 Å². The van der Waals surface area contributed by atoms with Crippen molar-refractivity contribution < 1.29 is 4.74 Å². The molecule has 1 fully saturated rings. The standard InChI is InChI=1S/C19H20BrN3OS2/c20-16-8-6-15(7-9-16)18(22-21-17-4-2-1-3-5-17)14-26-19(25)23-10-12-24-13-11-23/h1-9,21H,10-14H2. The average Bonchev–Trinajstić information content (AvgIpc) is 2.70. The van der Waals surface area contributed by atoms with Gasteiger partial charge in [0.05, 0.1) is 24.6 Å². The minimum absolute atomic E-state index is 0.706. The van der Waals surface area contributed by atoms with Gasteiger partial charge in [0.25, 0.3) is 0 Å². The third kappa shape index (κ3) is 5.81. The van der Waals surface area contributed by atoms with E-state index in [9.17, 15) is 0 Å². The largest absolute Gasteiger partial charge is 0.378 e. The summed E-state index contributed by atoms with van der Waals surface area (Å²) in [5.74, 6) is 0.706. The van der Waals surface area contributed by atoms with Crippen LogP contribution >= 0.6 is 39.9 Å². The van der Waals surface area contributed by atoms with Crippen molar-refractivity contribution in [3.63, 3.8) is 0 Å². The highest BCUT2D eigenvalue weighted by Gasteiger charge is 2.15. The molecule has 0 saturated carbocycles. The van der Waals surface area contributed by atoms with Crippen LogP contribution in [-0.2, 0) is 4.74 Å². The first-order valence-corrected chi connectivity index (χ1v) is 10.5. The van der Waals surface area contributed by atoms with Gasteiger partial charge in [0, 0.05) is 23.3 Å². The molecule has 0 bridgehead atoms. The van der Waals surface area contributed by atoms with Crippen LogP contribution in [0.25, 0.3) is 0 Å². The lowest BCUT2D eigenvalue weighted by atomic mass is 10.1. The molecular formula is C19H20BrN3OS2. The van der Waals surface area contributed by atoms with E-state index in [1.165, 1.54) is 0 Å². The van der Waals surface area contributed by atoms with E-state index < -0.39 is 0 Å². The molecule has 0 unspecified atom stereocenters. The highest BCUT2D eigenvalue weighted by Crippen LogP contribution is 2.17. The Morgan fingerprint density at radius 1 is 1.12 bits per heavy atom. The van der Waals surface area contributed by atoms with Crippen LogP contribution in [0.4, 0.5) is 5.69 Å². The van der Waals surface area contributed by atoms with Crippen molar-refractivity contribution in [1.82, 2.24) is 4.90 Å². The van der Waals surface area contributed by atoms with Gasteiger partial charge in [-0.05, 0) is 29.8 Å². The molecule has 7 heteroatoms. The Hall–Kier alpha value is -1.41. The number of thiocarbonyl (C=S) groups is 1. The number of hydrogen-bond donors (Lipinski definition) is 1. The van der Waals surface area contributed by atoms with Gasteiger partial charge in [-0.3, -0.25) is 5.43 Å². The molecule has 1 heterocycles. The Morgan fingerprint density at radius 2 is 1.81 bits per heavy atom. The molecule has 0 amide bonds. The lowest BCUT2D eigenvalue weighted by molar-refractivity contribution is 0.0702. The maximum Gasteiger partial charge on any atom is 0.136 e. The number of halogens is 1. The van der Waals surface area contributed by atoms with Gasteiger partial charge in [-0.15, -0.1) is 0 Å². The van der Waals surface area contributed by atoms with Crippen molar-refractivity contribution in [1.29, 1.82) is 0 Å². The van der Waals surface area contributed by atoms with Crippen molar-refractivity contribution >= 4 is 55.6 Å². The average molecular weight is 450 g/mol. The molecule has 0 aromatic heterocycles. The van der Waals surface area contributed by atoms with Crippen LogP contribution in [0.1, 0.15) is 5.56 Å². The second kappa shape index (κ2) is 10.1. The predicted molar refractivity (Wildman–Crippen MR) is 118 cm³/mol. The summed E-state index contributed by atoms with van der Waals surface area (Å²) in [6.45, 7) is 3.20. The molecule has 3 rings (SSSR count). The third-order valence-electron chi connectivity index (χ3n) is 3.87. The molecular weight excluding hydrogens is 430 g/mol. The summed E-state index contributed by atoms with van der Waals surface area (Å²) < 4.78 is 7.34. The Bertz CT molecular complexity index is 747. The lowest BCUT2D eigenvalue weighted by Crippen LogP contribution is -2.38. The lowest BCUT2D eigenvalue weighted by Gasteiger charge is -2.28. The Balaban J connectivity index is 1.69. The number of nitrogens with one attached hydrogen (secondary N) is 1. The van der Waals surface area contributed by atoms with Gasteiger partial charge < -0.3 is 9.64 Å². The number of ether oxygens (including phenoxy) is 1. The second-order valence-electron chi connectivity index (χ2n) is 5.70. The quantitative estimate of drug-likeness (QED) is 0.409. The molecule has 0 aliphatic carbocycles. The summed E-state index contributed by atoms with van der Waals surface area (Å²) in [7, 11) is 0. The molecule has 26 heavy (non-hydrogen) atoms. The molecule has 4 nitrogen and oxygen atoms in total. The van der Waals surface area contributed by atoms with Crippen molar-refractivity contribution in [2.75, 3.05) is 37.5 Å². The molecule has 1 aliphatic rings. The van der Waals surface area contributed by atoms with E-state index in [2.05, 4.69) is 43.5 Å². The molecule has 1 aliphatic heterocycles. The third-order valence-corrected chi connectivity index (χ3v) is 5.94. The number of morpholine rings is 1. The second-order valence-corrected chi connectivity index (χ2v) is 8.22. The van der Waals surface area contributed by atoms with Crippen LogP contribution in [0.2, 0.25) is 0 Å². The van der Waals surface area contributed by atoms with Crippen LogP contribution in [0.5, 0.6) is 0 Å². The van der Waals surface area contributed by atoms with Crippen LogP contribution in [0.3, 0.4) is 0 Å². The van der Waals surface area contributed by atoms with E-state index in [1.807, 2.05) is 42.5 Å². The van der Waals surface area contributed by atoms with E-state index in [0.717, 1.165) is 52.1 Å². The maximum atomic E-state index is 5.59. The minimum Gasteiger partial charge on any atom is -0.378 e. The summed E-state index contributed by atoms with van der Waals surface area (Å²) in [6, 6.07) is 18.1. The predicted octanol–water partition coefficient (Wildman–Crippen LogP) is 4.62. The fraction of sp³-hybridized carbons (Fsp3) is 0.263. The van der Waals surface area contributed by atoms with Gasteiger partial charge in [-0.1, -0.05) is 70.2 Å². The first kappa shape index (κ1) is 19.4. The Morgan fingerprint density at radius 3 is 2.50 bits per heavy atom. The number of hydrazone groups is 1. The summed E-state index contributed by atoms with van der Waals surface area (Å²) in [5.41, 5.74) is 6.15. The fourth-order valence-electron chi connectivity index (χ4n) is 2.43. The van der Waals surface area contributed by atoms with E-state index in [-0.39, 0.29) is 0 Å². The number of para-hydroxylation sites is 1. The monoisotopic (exact) mass is 449 g/mol. The normalized spacial score (nSPS) is 15.0. The minimum atomic E-state index is 0.706. The van der Waals surface area contributed by atoms with E-state index in [0.29, 0.717) is 5.75 Å². The molecule has 0 radical (unpaired) electrons. The fourth-order valence-corrected chi connectivity index (χ4v) is 3.91. The van der Waals surface area contributed by atoms with Crippen LogP contribution in [0.15, 0.2) is 64.2 Å². The molecule has 2 aromatic rings. The van der Waals surface area contributed by atoms with Gasteiger partial charge in [0.2, 0.25) is 0 Å². The first-order valence-electron chi connectivity index (χ1n) is 8.35. The molecule has 0 atom stereocenters. The van der Waals surface area contributed by atoms with Gasteiger partial charge in [-0.2, -0.15) is 5.10 Å². The van der Waals surface area contributed by atoms with E-state index in [4.69, 9.17) is 17.0 Å². The van der Waals surface area contributed by atoms with Gasteiger partial charge in [0.1, 0.15) is 4.32 Å². The molecule has 1 saturated heterocycles. The van der Waals surface area contributed by atoms with Crippen molar-refractivity contribution in [3.05, 3.63) is 64.6 Å². The van der Waals surface area contributed by atoms with Gasteiger partial charge >= 0.3 is 0 Å². The smallest absolute Gasteiger partial charge is 0.136 e. The number of nitrogens with zero attached hydrogens (tertiary/aromatic N) is 2. The zero-order valence-corrected chi connectivity index (χ0v) is 17.4. The highest BCUT2D eigenvalue weighted by atomic mass is 79.9.